The number of hydrogen-bond acceptors (Lipinski definition) is 3. The van der Waals surface area contributed by atoms with Crippen molar-refractivity contribution in [2.45, 2.75) is 45.4 Å². The Hall–Kier alpha value is -2.17. The predicted octanol–water partition coefficient (Wildman–Crippen LogP) is 2.75. The standard InChI is InChI=1S/C19H24N2O3/c1-2-13-7-9-14(10-8-13)20-17(22)11-12-21-18(23)15-5-3-4-6-16(15)19(21)24/h7-10,15-16H,2-6,11-12H2,1H3,(H,20,22)/t15-,16+. The van der Waals surface area contributed by atoms with E-state index in [1.165, 1.54) is 10.5 Å². The van der Waals surface area contributed by atoms with Gasteiger partial charge in [0.05, 0.1) is 11.8 Å². The Balaban J connectivity index is 1.54. The van der Waals surface area contributed by atoms with Crippen LogP contribution in [0, 0.1) is 11.8 Å². The number of nitrogens with zero attached hydrogens (tertiary/aromatic N) is 1. The highest BCUT2D eigenvalue weighted by Crippen LogP contribution is 2.37. The van der Waals surface area contributed by atoms with Crippen molar-refractivity contribution in [1.82, 2.24) is 4.90 Å². The van der Waals surface area contributed by atoms with E-state index in [0.29, 0.717) is 0 Å². The third-order valence-electron chi connectivity index (χ3n) is 5.14. The Labute approximate surface area is 142 Å². The number of aryl methyl sites for hydroxylation is 1. The molecule has 3 rings (SSSR count). The van der Waals surface area contributed by atoms with Gasteiger partial charge in [-0.1, -0.05) is 31.9 Å². The summed E-state index contributed by atoms with van der Waals surface area (Å²) >= 11 is 0. The molecular weight excluding hydrogens is 304 g/mol. The van der Waals surface area contributed by atoms with Crippen LogP contribution in [0.15, 0.2) is 24.3 Å². The average Bonchev–Trinajstić information content (AvgIpc) is 2.85. The van der Waals surface area contributed by atoms with E-state index in [4.69, 9.17) is 0 Å². The number of imide groups is 1. The van der Waals surface area contributed by atoms with Gasteiger partial charge in [-0.15, -0.1) is 0 Å². The molecule has 0 bridgehead atoms. The summed E-state index contributed by atoms with van der Waals surface area (Å²) in [6, 6.07) is 7.70. The molecule has 0 spiro atoms. The van der Waals surface area contributed by atoms with Crippen molar-refractivity contribution in [3.8, 4) is 0 Å². The fourth-order valence-electron chi connectivity index (χ4n) is 3.71. The van der Waals surface area contributed by atoms with Gasteiger partial charge in [-0.2, -0.15) is 0 Å². The van der Waals surface area contributed by atoms with Crippen LogP contribution in [-0.4, -0.2) is 29.2 Å². The van der Waals surface area contributed by atoms with E-state index in [1.807, 2.05) is 24.3 Å². The molecule has 1 aromatic rings. The first-order valence-electron chi connectivity index (χ1n) is 8.84. The van der Waals surface area contributed by atoms with Crippen molar-refractivity contribution >= 4 is 23.4 Å². The molecule has 1 saturated heterocycles. The van der Waals surface area contributed by atoms with Crippen LogP contribution in [0.3, 0.4) is 0 Å². The monoisotopic (exact) mass is 328 g/mol. The lowest BCUT2D eigenvalue weighted by Crippen LogP contribution is -2.34. The molecule has 1 aliphatic carbocycles. The van der Waals surface area contributed by atoms with Crippen molar-refractivity contribution in [3.63, 3.8) is 0 Å². The maximum Gasteiger partial charge on any atom is 0.233 e. The lowest BCUT2D eigenvalue weighted by molar-refractivity contribution is -0.140. The number of rotatable bonds is 5. The predicted molar refractivity (Wildman–Crippen MR) is 91.2 cm³/mol. The molecule has 5 heteroatoms. The summed E-state index contributed by atoms with van der Waals surface area (Å²) in [5.74, 6) is -0.615. The molecule has 1 aliphatic heterocycles. The van der Waals surface area contributed by atoms with Crippen LogP contribution in [-0.2, 0) is 20.8 Å². The topological polar surface area (TPSA) is 66.5 Å². The normalized spacial score (nSPS) is 23.3. The molecule has 1 saturated carbocycles. The first-order valence-corrected chi connectivity index (χ1v) is 8.84. The van der Waals surface area contributed by atoms with Crippen molar-refractivity contribution in [1.29, 1.82) is 0 Å². The molecule has 24 heavy (non-hydrogen) atoms. The Morgan fingerprint density at radius 2 is 1.67 bits per heavy atom. The molecule has 2 atom stereocenters. The lowest BCUT2D eigenvalue weighted by Gasteiger charge is -2.19. The second-order valence-corrected chi connectivity index (χ2v) is 6.67. The zero-order chi connectivity index (χ0) is 17.1. The van der Waals surface area contributed by atoms with Gasteiger partial charge in [0, 0.05) is 18.7 Å². The first-order chi connectivity index (χ1) is 11.6. The highest BCUT2D eigenvalue weighted by molar-refractivity contribution is 6.05. The maximum absolute atomic E-state index is 12.4. The Morgan fingerprint density at radius 3 is 2.21 bits per heavy atom. The number of fused-ring (bicyclic) bond motifs is 1. The number of nitrogens with one attached hydrogen (secondary N) is 1. The van der Waals surface area contributed by atoms with Crippen LogP contribution in [0.1, 0.15) is 44.6 Å². The summed E-state index contributed by atoms with van der Waals surface area (Å²) < 4.78 is 0. The molecule has 1 N–H and O–H groups in total. The molecule has 1 aromatic carbocycles. The van der Waals surface area contributed by atoms with E-state index in [1.54, 1.807) is 0 Å². The lowest BCUT2D eigenvalue weighted by atomic mass is 9.81. The first kappa shape index (κ1) is 16.7. The maximum atomic E-state index is 12.4. The van der Waals surface area contributed by atoms with Gasteiger partial charge in [-0.05, 0) is 37.0 Å². The summed E-state index contributed by atoms with van der Waals surface area (Å²) in [6.07, 6.45) is 4.75. The summed E-state index contributed by atoms with van der Waals surface area (Å²) in [6.45, 7) is 2.26. The van der Waals surface area contributed by atoms with Crippen molar-refractivity contribution < 1.29 is 14.4 Å². The van der Waals surface area contributed by atoms with E-state index < -0.39 is 0 Å². The Kier molecular flexibility index (Phi) is 4.97. The second kappa shape index (κ2) is 7.16. The Morgan fingerprint density at radius 1 is 1.08 bits per heavy atom. The van der Waals surface area contributed by atoms with Gasteiger partial charge in [-0.25, -0.2) is 0 Å². The molecule has 3 amide bonds. The summed E-state index contributed by atoms with van der Waals surface area (Å²) in [5.41, 5.74) is 1.95. The van der Waals surface area contributed by atoms with Crippen molar-refractivity contribution in [2.24, 2.45) is 11.8 Å². The molecule has 5 nitrogen and oxygen atoms in total. The van der Waals surface area contributed by atoms with E-state index >= 15 is 0 Å². The van der Waals surface area contributed by atoms with Gasteiger partial charge in [0.1, 0.15) is 0 Å². The fraction of sp³-hybridized carbons (Fsp3) is 0.526. The largest absolute Gasteiger partial charge is 0.326 e. The number of likely N-dealkylation sites (tertiary alicyclic amines) is 1. The zero-order valence-electron chi connectivity index (χ0n) is 14.1. The molecule has 1 heterocycles. The average molecular weight is 328 g/mol. The molecule has 0 aromatic heterocycles. The molecular formula is C19H24N2O3. The second-order valence-electron chi connectivity index (χ2n) is 6.67. The van der Waals surface area contributed by atoms with Crippen LogP contribution in [0.4, 0.5) is 5.69 Å². The van der Waals surface area contributed by atoms with Gasteiger partial charge < -0.3 is 5.32 Å². The number of carbonyl (C=O) groups is 3. The number of benzene rings is 1. The van der Waals surface area contributed by atoms with Crippen LogP contribution in [0.25, 0.3) is 0 Å². The third kappa shape index (κ3) is 3.35. The van der Waals surface area contributed by atoms with E-state index in [-0.39, 0.29) is 42.5 Å². The third-order valence-corrected chi connectivity index (χ3v) is 5.14. The quantitative estimate of drug-likeness (QED) is 0.845. The van der Waals surface area contributed by atoms with Crippen LogP contribution in [0.5, 0.6) is 0 Å². The number of hydrogen-bond donors (Lipinski definition) is 1. The Bertz CT molecular complexity index is 615. The van der Waals surface area contributed by atoms with Crippen molar-refractivity contribution in [2.75, 3.05) is 11.9 Å². The highest BCUT2D eigenvalue weighted by atomic mass is 16.2. The zero-order valence-corrected chi connectivity index (χ0v) is 14.1. The number of amides is 3. The number of carbonyl (C=O) groups excluding carboxylic acids is 3. The van der Waals surface area contributed by atoms with E-state index in [9.17, 15) is 14.4 Å². The van der Waals surface area contributed by atoms with Gasteiger partial charge in [0.25, 0.3) is 0 Å². The molecule has 0 unspecified atom stereocenters. The SMILES string of the molecule is CCc1ccc(NC(=O)CCN2C(=O)[C@H]3CCCC[C@H]3C2=O)cc1. The molecule has 2 aliphatic rings. The fourth-order valence-corrected chi connectivity index (χ4v) is 3.71. The molecule has 128 valence electrons. The van der Waals surface area contributed by atoms with Crippen LogP contribution >= 0.6 is 0 Å². The summed E-state index contributed by atoms with van der Waals surface area (Å²) in [7, 11) is 0. The van der Waals surface area contributed by atoms with Crippen molar-refractivity contribution in [3.05, 3.63) is 29.8 Å². The summed E-state index contributed by atoms with van der Waals surface area (Å²) in [5, 5.41) is 2.82. The minimum Gasteiger partial charge on any atom is -0.326 e. The van der Waals surface area contributed by atoms with Gasteiger partial charge >= 0.3 is 0 Å². The van der Waals surface area contributed by atoms with Crippen LogP contribution < -0.4 is 5.32 Å². The minimum atomic E-state index is -0.172. The minimum absolute atomic E-state index is 0.0789. The smallest absolute Gasteiger partial charge is 0.233 e. The van der Waals surface area contributed by atoms with E-state index in [2.05, 4.69) is 12.2 Å². The van der Waals surface area contributed by atoms with Crippen LogP contribution in [0.2, 0.25) is 0 Å². The highest BCUT2D eigenvalue weighted by Gasteiger charge is 2.47. The molecule has 2 fully saturated rings. The molecule has 0 radical (unpaired) electrons. The van der Waals surface area contributed by atoms with Gasteiger partial charge in [-0.3, -0.25) is 19.3 Å². The summed E-state index contributed by atoms with van der Waals surface area (Å²) in [4.78, 5) is 38.1. The number of anilines is 1. The van der Waals surface area contributed by atoms with E-state index in [0.717, 1.165) is 37.8 Å². The van der Waals surface area contributed by atoms with Gasteiger partial charge in [0.2, 0.25) is 17.7 Å². The van der Waals surface area contributed by atoms with Gasteiger partial charge in [0.15, 0.2) is 0 Å².